The molecule has 136 valence electrons. The van der Waals surface area contributed by atoms with Crippen LogP contribution < -0.4 is 15.8 Å². The summed E-state index contributed by atoms with van der Waals surface area (Å²) in [6.07, 6.45) is 4.54. The number of nitrogen functional groups attached to an aromatic ring is 1. The molecule has 1 aromatic carbocycles. The largest absolute Gasteiger partial charge is 0.497 e. The molecule has 0 atom stereocenters. The van der Waals surface area contributed by atoms with Gasteiger partial charge in [0.15, 0.2) is 5.65 Å². The second-order valence-electron chi connectivity index (χ2n) is 6.57. The quantitative estimate of drug-likeness (QED) is 0.746. The van der Waals surface area contributed by atoms with E-state index in [1.165, 1.54) is 30.7 Å². The van der Waals surface area contributed by atoms with E-state index < -0.39 is 5.82 Å². The third-order valence-corrected chi connectivity index (χ3v) is 4.86. The van der Waals surface area contributed by atoms with Crippen molar-refractivity contribution in [1.29, 1.82) is 0 Å². The highest BCUT2D eigenvalue weighted by atomic mass is 19.1. The Morgan fingerprint density at radius 1 is 1.27 bits per heavy atom. The maximum absolute atomic E-state index is 14.7. The Morgan fingerprint density at radius 2 is 2.04 bits per heavy atom. The van der Waals surface area contributed by atoms with E-state index in [1.54, 1.807) is 19.2 Å². The van der Waals surface area contributed by atoms with Crippen LogP contribution in [0.1, 0.15) is 25.7 Å². The first kappa shape index (κ1) is 16.6. The number of ether oxygens (including phenoxy) is 1. The molecular weight excluding hydrogens is 335 g/mol. The number of methoxy groups -OCH3 is 1. The fraction of sp³-hybridized carbons (Fsp3) is 0.389. The van der Waals surface area contributed by atoms with Gasteiger partial charge in [-0.15, -0.1) is 0 Å². The number of aryl methyl sites for hydroxylation is 1. The number of hydrogen-bond donors (Lipinski definition) is 2. The van der Waals surface area contributed by atoms with Crippen LogP contribution in [0.2, 0.25) is 0 Å². The normalized spacial score (nSPS) is 14.9. The first-order valence-electron chi connectivity index (χ1n) is 8.67. The van der Waals surface area contributed by atoms with Gasteiger partial charge in [0.1, 0.15) is 17.4 Å². The van der Waals surface area contributed by atoms with Gasteiger partial charge in [-0.3, -0.25) is 4.68 Å². The number of aromatic nitrogens is 4. The van der Waals surface area contributed by atoms with Gasteiger partial charge in [-0.1, -0.05) is 12.8 Å². The van der Waals surface area contributed by atoms with Crippen molar-refractivity contribution in [2.45, 2.75) is 31.7 Å². The van der Waals surface area contributed by atoms with Crippen LogP contribution in [0.15, 0.2) is 18.2 Å². The summed E-state index contributed by atoms with van der Waals surface area (Å²) in [6, 6.07) is 5.01. The molecule has 8 heteroatoms. The van der Waals surface area contributed by atoms with Gasteiger partial charge >= 0.3 is 0 Å². The zero-order valence-electron chi connectivity index (χ0n) is 14.8. The van der Waals surface area contributed by atoms with Crippen LogP contribution in [-0.2, 0) is 7.05 Å². The highest BCUT2D eigenvalue weighted by Crippen LogP contribution is 2.34. The summed E-state index contributed by atoms with van der Waals surface area (Å²) in [7, 11) is 3.23. The molecule has 0 amide bonds. The summed E-state index contributed by atoms with van der Waals surface area (Å²) in [4.78, 5) is 9.08. The molecule has 26 heavy (non-hydrogen) atoms. The van der Waals surface area contributed by atoms with Crippen molar-refractivity contribution in [3.8, 4) is 17.0 Å². The molecule has 0 saturated heterocycles. The number of nitrogens with zero attached hydrogens (tertiary/aromatic N) is 4. The Morgan fingerprint density at radius 3 is 2.73 bits per heavy atom. The van der Waals surface area contributed by atoms with Crippen molar-refractivity contribution in [3.63, 3.8) is 0 Å². The molecule has 0 unspecified atom stereocenters. The molecular formula is C18H21FN6O. The van der Waals surface area contributed by atoms with Crippen molar-refractivity contribution in [2.24, 2.45) is 7.05 Å². The fourth-order valence-electron chi connectivity index (χ4n) is 3.44. The molecule has 3 aromatic rings. The molecule has 0 bridgehead atoms. The lowest BCUT2D eigenvalue weighted by Gasteiger charge is -2.13. The SMILES string of the molecule is COc1ccc(-c2nc(NC3CCCC3)nc3nn(C)c(N)c23)c(F)c1. The van der Waals surface area contributed by atoms with Gasteiger partial charge in [0.25, 0.3) is 0 Å². The highest BCUT2D eigenvalue weighted by molar-refractivity contribution is 5.99. The van der Waals surface area contributed by atoms with Gasteiger partial charge in [0.2, 0.25) is 5.95 Å². The summed E-state index contributed by atoms with van der Waals surface area (Å²) in [5.41, 5.74) is 7.37. The summed E-state index contributed by atoms with van der Waals surface area (Å²) < 4.78 is 21.3. The van der Waals surface area contributed by atoms with E-state index in [0.29, 0.717) is 45.8 Å². The number of hydrogen-bond acceptors (Lipinski definition) is 6. The molecule has 1 aliphatic rings. The number of rotatable bonds is 4. The average Bonchev–Trinajstić information content (AvgIpc) is 3.23. The van der Waals surface area contributed by atoms with Crippen molar-refractivity contribution in [2.75, 3.05) is 18.2 Å². The standard InChI is InChI=1S/C18H21FN6O/c1-25-16(20)14-15(12-8-7-11(26-2)9-13(12)19)22-18(23-17(14)24-25)21-10-5-3-4-6-10/h7-10H,3-6,20H2,1-2H3,(H,21,23,24). The van der Waals surface area contributed by atoms with E-state index >= 15 is 0 Å². The van der Waals surface area contributed by atoms with Crippen LogP contribution in [0.4, 0.5) is 16.2 Å². The van der Waals surface area contributed by atoms with Gasteiger partial charge in [-0.2, -0.15) is 10.1 Å². The Labute approximate surface area is 150 Å². The Bertz CT molecular complexity index is 964. The van der Waals surface area contributed by atoms with Crippen LogP contribution in [-0.4, -0.2) is 32.9 Å². The fourth-order valence-corrected chi connectivity index (χ4v) is 3.44. The van der Waals surface area contributed by atoms with Crippen molar-refractivity contribution < 1.29 is 9.13 Å². The third-order valence-electron chi connectivity index (χ3n) is 4.86. The molecule has 4 rings (SSSR count). The van der Waals surface area contributed by atoms with E-state index in [-0.39, 0.29) is 0 Å². The maximum atomic E-state index is 14.7. The van der Waals surface area contributed by atoms with E-state index in [4.69, 9.17) is 10.5 Å². The molecule has 0 aliphatic heterocycles. The van der Waals surface area contributed by atoms with Gasteiger partial charge < -0.3 is 15.8 Å². The predicted octanol–water partition coefficient (Wildman–Crippen LogP) is 3.11. The maximum Gasteiger partial charge on any atom is 0.225 e. The minimum absolute atomic E-state index is 0.335. The van der Waals surface area contributed by atoms with Crippen molar-refractivity contribution in [3.05, 3.63) is 24.0 Å². The predicted molar refractivity (Wildman–Crippen MR) is 98.5 cm³/mol. The molecule has 1 fully saturated rings. The Balaban J connectivity index is 1.87. The molecule has 1 saturated carbocycles. The van der Waals surface area contributed by atoms with E-state index in [9.17, 15) is 4.39 Å². The number of nitrogens with one attached hydrogen (secondary N) is 1. The lowest BCUT2D eigenvalue weighted by atomic mass is 10.1. The minimum atomic E-state index is -0.431. The second kappa shape index (κ2) is 6.44. The first-order valence-corrected chi connectivity index (χ1v) is 8.67. The van der Waals surface area contributed by atoms with Crippen LogP contribution in [0.25, 0.3) is 22.3 Å². The zero-order chi connectivity index (χ0) is 18.3. The molecule has 2 aromatic heterocycles. The van der Waals surface area contributed by atoms with Crippen LogP contribution in [0.5, 0.6) is 5.75 Å². The molecule has 2 heterocycles. The van der Waals surface area contributed by atoms with Crippen molar-refractivity contribution >= 4 is 22.8 Å². The number of anilines is 2. The molecule has 3 N–H and O–H groups in total. The second-order valence-corrected chi connectivity index (χ2v) is 6.57. The molecule has 0 radical (unpaired) electrons. The Hall–Kier alpha value is -2.90. The van der Waals surface area contributed by atoms with E-state index in [1.807, 2.05) is 0 Å². The molecule has 1 aliphatic carbocycles. The number of nitrogens with two attached hydrogens (primary N) is 1. The van der Waals surface area contributed by atoms with Gasteiger partial charge in [0, 0.05) is 24.7 Å². The van der Waals surface area contributed by atoms with Crippen LogP contribution in [0.3, 0.4) is 0 Å². The number of fused-ring (bicyclic) bond motifs is 1. The summed E-state index contributed by atoms with van der Waals surface area (Å²) in [6.45, 7) is 0. The smallest absolute Gasteiger partial charge is 0.225 e. The average molecular weight is 356 g/mol. The summed E-state index contributed by atoms with van der Waals surface area (Å²) in [5, 5.41) is 8.25. The number of halogens is 1. The monoisotopic (exact) mass is 356 g/mol. The van der Waals surface area contributed by atoms with E-state index in [2.05, 4.69) is 20.4 Å². The third kappa shape index (κ3) is 2.81. The van der Waals surface area contributed by atoms with Crippen LogP contribution >= 0.6 is 0 Å². The highest BCUT2D eigenvalue weighted by Gasteiger charge is 2.22. The molecule has 0 spiro atoms. The minimum Gasteiger partial charge on any atom is -0.497 e. The lowest BCUT2D eigenvalue weighted by Crippen LogP contribution is -2.17. The number of benzene rings is 1. The van der Waals surface area contributed by atoms with Crippen LogP contribution in [0, 0.1) is 5.82 Å². The first-order chi connectivity index (χ1) is 12.6. The summed E-state index contributed by atoms with van der Waals surface area (Å²) >= 11 is 0. The Kier molecular flexibility index (Phi) is 4.10. The van der Waals surface area contributed by atoms with E-state index in [0.717, 1.165) is 12.8 Å². The topological polar surface area (TPSA) is 90.9 Å². The van der Waals surface area contributed by atoms with Gasteiger partial charge in [0.05, 0.1) is 18.2 Å². The van der Waals surface area contributed by atoms with Crippen molar-refractivity contribution in [1.82, 2.24) is 19.7 Å². The van der Waals surface area contributed by atoms with Gasteiger partial charge in [-0.05, 0) is 25.0 Å². The zero-order valence-corrected chi connectivity index (χ0v) is 14.8. The molecule has 7 nitrogen and oxygen atoms in total. The lowest BCUT2D eigenvalue weighted by molar-refractivity contribution is 0.411. The summed E-state index contributed by atoms with van der Waals surface area (Å²) in [5.74, 6) is 0.866. The van der Waals surface area contributed by atoms with Gasteiger partial charge in [-0.25, -0.2) is 9.37 Å².